The summed E-state index contributed by atoms with van der Waals surface area (Å²) in [6.45, 7) is 3.46. The van der Waals surface area contributed by atoms with Crippen molar-refractivity contribution in [3.05, 3.63) is 46.7 Å². The fourth-order valence-corrected chi connectivity index (χ4v) is 2.25. The molecule has 0 saturated carbocycles. The van der Waals surface area contributed by atoms with Crippen LogP contribution < -0.4 is 5.32 Å². The van der Waals surface area contributed by atoms with Crippen LogP contribution in [0.1, 0.15) is 35.8 Å². The van der Waals surface area contributed by atoms with Gasteiger partial charge < -0.3 is 10.4 Å². The van der Waals surface area contributed by atoms with E-state index in [2.05, 4.69) is 10.4 Å². The summed E-state index contributed by atoms with van der Waals surface area (Å²) in [5.41, 5.74) is 1.86. The maximum Gasteiger partial charge on any atom is 0.322 e. The first-order valence-electron chi connectivity index (χ1n) is 6.74. The maximum absolute atomic E-state index is 12.1. The van der Waals surface area contributed by atoms with E-state index in [1.165, 1.54) is 6.20 Å². The number of carbonyl (C=O) groups excluding carboxylic acids is 1. The monoisotopic (exact) mass is 321 g/mol. The Bertz CT molecular complexity index is 693. The molecule has 0 aliphatic carbocycles. The molecule has 2 N–H and O–H groups in total. The van der Waals surface area contributed by atoms with E-state index in [0.717, 1.165) is 5.69 Å². The topological polar surface area (TPSA) is 84.2 Å². The summed E-state index contributed by atoms with van der Waals surface area (Å²) in [7, 11) is 0. The molecule has 6 nitrogen and oxygen atoms in total. The molecule has 0 spiro atoms. The van der Waals surface area contributed by atoms with E-state index < -0.39 is 18.4 Å². The molecule has 0 bridgehead atoms. The molecule has 116 valence electrons. The van der Waals surface area contributed by atoms with Crippen molar-refractivity contribution in [1.82, 2.24) is 15.1 Å². The maximum atomic E-state index is 12.1. The Kier molecular flexibility index (Phi) is 4.82. The smallest absolute Gasteiger partial charge is 0.322 e. The Morgan fingerprint density at radius 1 is 1.32 bits per heavy atom. The summed E-state index contributed by atoms with van der Waals surface area (Å²) in [5, 5.41) is 15.9. The fourth-order valence-electron chi connectivity index (χ4n) is 2.13. The van der Waals surface area contributed by atoms with Gasteiger partial charge >= 0.3 is 5.97 Å². The lowest BCUT2D eigenvalue weighted by molar-refractivity contribution is -0.135. The molecule has 22 heavy (non-hydrogen) atoms. The van der Waals surface area contributed by atoms with Crippen LogP contribution in [0.2, 0.25) is 5.02 Å². The standard InChI is InChI=1S/C15H16ClN3O3/c1-9(2)14-12(15(22)17-8-13(20)21)7-18-19(14)11-5-3-10(16)4-6-11/h3-7,9H,8H2,1-2H3,(H,17,22)(H,20,21). The van der Waals surface area contributed by atoms with Crippen molar-refractivity contribution in [2.45, 2.75) is 19.8 Å². The molecule has 2 rings (SSSR count). The minimum absolute atomic E-state index is 0.0313. The van der Waals surface area contributed by atoms with Crippen molar-refractivity contribution in [2.24, 2.45) is 0 Å². The van der Waals surface area contributed by atoms with Gasteiger partial charge in [0.15, 0.2) is 0 Å². The molecule has 1 aromatic carbocycles. The van der Waals surface area contributed by atoms with Gasteiger partial charge in [0.25, 0.3) is 5.91 Å². The number of nitrogens with one attached hydrogen (secondary N) is 1. The predicted molar refractivity (Wildman–Crippen MR) is 82.6 cm³/mol. The van der Waals surface area contributed by atoms with Gasteiger partial charge in [0.2, 0.25) is 0 Å². The number of benzene rings is 1. The molecular weight excluding hydrogens is 306 g/mol. The van der Waals surface area contributed by atoms with Crippen LogP contribution in [0.3, 0.4) is 0 Å². The van der Waals surface area contributed by atoms with E-state index >= 15 is 0 Å². The first-order valence-corrected chi connectivity index (χ1v) is 7.11. The molecule has 0 unspecified atom stereocenters. The number of hydrogen-bond acceptors (Lipinski definition) is 3. The Labute approximate surface area is 132 Å². The van der Waals surface area contributed by atoms with Gasteiger partial charge in [-0.3, -0.25) is 9.59 Å². The largest absolute Gasteiger partial charge is 0.480 e. The quantitative estimate of drug-likeness (QED) is 0.886. The van der Waals surface area contributed by atoms with Crippen LogP contribution in [-0.4, -0.2) is 33.3 Å². The fraction of sp³-hybridized carbons (Fsp3) is 0.267. The second kappa shape index (κ2) is 6.62. The first-order chi connectivity index (χ1) is 10.4. The van der Waals surface area contributed by atoms with E-state index in [0.29, 0.717) is 16.3 Å². The van der Waals surface area contributed by atoms with E-state index in [-0.39, 0.29) is 5.92 Å². The van der Waals surface area contributed by atoms with E-state index in [4.69, 9.17) is 16.7 Å². The average Bonchev–Trinajstić information content (AvgIpc) is 2.90. The normalized spacial score (nSPS) is 10.7. The lowest BCUT2D eigenvalue weighted by Crippen LogP contribution is -2.30. The van der Waals surface area contributed by atoms with E-state index in [1.807, 2.05) is 13.8 Å². The Balaban J connectivity index is 2.39. The van der Waals surface area contributed by atoms with Crippen LogP contribution in [0.5, 0.6) is 0 Å². The number of halogens is 1. The van der Waals surface area contributed by atoms with Gasteiger partial charge in [-0.05, 0) is 30.2 Å². The number of carboxylic acid groups (broad SMARTS) is 1. The molecule has 1 aromatic heterocycles. The van der Waals surface area contributed by atoms with Gasteiger partial charge in [-0.15, -0.1) is 0 Å². The van der Waals surface area contributed by atoms with E-state index in [1.54, 1.807) is 28.9 Å². The number of hydrogen-bond donors (Lipinski definition) is 2. The van der Waals surface area contributed by atoms with Gasteiger partial charge in [-0.2, -0.15) is 5.10 Å². The summed E-state index contributed by atoms with van der Waals surface area (Å²) >= 11 is 5.88. The number of rotatable bonds is 5. The van der Waals surface area contributed by atoms with Gasteiger partial charge in [-0.25, -0.2) is 4.68 Å². The number of carboxylic acids is 1. The highest BCUT2D eigenvalue weighted by molar-refractivity contribution is 6.30. The third kappa shape index (κ3) is 3.46. The number of nitrogens with zero attached hydrogens (tertiary/aromatic N) is 2. The lowest BCUT2D eigenvalue weighted by atomic mass is 10.1. The second-order valence-electron chi connectivity index (χ2n) is 5.06. The predicted octanol–water partition coefficient (Wildman–Crippen LogP) is 2.46. The van der Waals surface area contributed by atoms with Crippen molar-refractivity contribution in [2.75, 3.05) is 6.54 Å². The number of carbonyl (C=O) groups is 2. The first kappa shape index (κ1) is 16.0. The number of aliphatic carboxylic acids is 1. The van der Waals surface area contributed by atoms with Crippen LogP contribution in [0.25, 0.3) is 5.69 Å². The number of amides is 1. The van der Waals surface area contributed by atoms with Crippen molar-refractivity contribution in [1.29, 1.82) is 0 Å². The summed E-state index contributed by atoms with van der Waals surface area (Å²) in [4.78, 5) is 22.7. The Morgan fingerprint density at radius 2 is 1.95 bits per heavy atom. The molecule has 0 aliphatic heterocycles. The Morgan fingerprint density at radius 3 is 2.50 bits per heavy atom. The lowest BCUT2D eigenvalue weighted by Gasteiger charge is -2.12. The minimum Gasteiger partial charge on any atom is -0.480 e. The molecule has 0 aliphatic rings. The van der Waals surface area contributed by atoms with Gasteiger partial charge in [0, 0.05) is 5.02 Å². The van der Waals surface area contributed by atoms with Crippen LogP contribution in [-0.2, 0) is 4.79 Å². The summed E-state index contributed by atoms with van der Waals surface area (Å²) in [5.74, 6) is -1.51. The Hall–Kier alpha value is -2.34. The average molecular weight is 322 g/mol. The molecule has 0 atom stereocenters. The van der Waals surface area contributed by atoms with Gasteiger partial charge in [-0.1, -0.05) is 25.4 Å². The summed E-state index contributed by atoms with van der Waals surface area (Å²) in [6.07, 6.45) is 1.45. The number of aromatic nitrogens is 2. The summed E-state index contributed by atoms with van der Waals surface area (Å²) in [6, 6.07) is 7.10. The van der Waals surface area contributed by atoms with Crippen molar-refractivity contribution >= 4 is 23.5 Å². The van der Waals surface area contributed by atoms with Crippen LogP contribution in [0, 0.1) is 0 Å². The highest BCUT2D eigenvalue weighted by Gasteiger charge is 2.21. The van der Waals surface area contributed by atoms with Crippen molar-refractivity contribution in [3.8, 4) is 5.69 Å². The minimum atomic E-state index is -1.09. The van der Waals surface area contributed by atoms with E-state index in [9.17, 15) is 9.59 Å². The van der Waals surface area contributed by atoms with Gasteiger partial charge in [0.1, 0.15) is 6.54 Å². The third-order valence-corrected chi connectivity index (χ3v) is 3.32. The highest BCUT2D eigenvalue weighted by atomic mass is 35.5. The zero-order valence-electron chi connectivity index (χ0n) is 12.2. The SMILES string of the molecule is CC(C)c1c(C(=O)NCC(=O)O)cnn1-c1ccc(Cl)cc1. The molecular formula is C15H16ClN3O3. The molecule has 1 heterocycles. The molecule has 0 fully saturated rings. The second-order valence-corrected chi connectivity index (χ2v) is 5.50. The molecule has 1 amide bonds. The molecule has 0 radical (unpaired) electrons. The van der Waals surface area contributed by atoms with Crippen molar-refractivity contribution in [3.63, 3.8) is 0 Å². The zero-order chi connectivity index (χ0) is 16.3. The third-order valence-electron chi connectivity index (χ3n) is 3.07. The molecule has 7 heteroatoms. The van der Waals surface area contributed by atoms with Crippen LogP contribution in [0.4, 0.5) is 0 Å². The molecule has 0 saturated heterocycles. The zero-order valence-corrected chi connectivity index (χ0v) is 13.0. The van der Waals surface area contributed by atoms with Gasteiger partial charge in [0.05, 0.1) is 23.1 Å². The van der Waals surface area contributed by atoms with Crippen LogP contribution in [0.15, 0.2) is 30.5 Å². The highest BCUT2D eigenvalue weighted by Crippen LogP contribution is 2.23. The summed E-state index contributed by atoms with van der Waals surface area (Å²) < 4.78 is 1.66. The van der Waals surface area contributed by atoms with Crippen molar-refractivity contribution < 1.29 is 14.7 Å². The molecule has 2 aromatic rings. The van der Waals surface area contributed by atoms with Crippen LogP contribution >= 0.6 is 11.6 Å².